The monoisotopic (exact) mass is 449 g/mol. The van der Waals surface area contributed by atoms with Gasteiger partial charge >= 0.3 is 0 Å². The Morgan fingerprint density at radius 2 is 2.00 bits per heavy atom. The van der Waals surface area contributed by atoms with Crippen LogP contribution in [0.15, 0.2) is 42.5 Å². The van der Waals surface area contributed by atoms with Crippen LogP contribution in [0.4, 0.5) is 17.1 Å². The van der Waals surface area contributed by atoms with Gasteiger partial charge in [-0.3, -0.25) is 9.59 Å². The molecule has 3 rings (SSSR count). The van der Waals surface area contributed by atoms with E-state index >= 15 is 0 Å². The summed E-state index contributed by atoms with van der Waals surface area (Å²) in [5.74, 6) is 0.0140. The average Bonchev–Trinajstić information content (AvgIpc) is 3.02. The first kappa shape index (κ1) is 17.7. The highest BCUT2D eigenvalue weighted by atomic mass is 127. The van der Waals surface area contributed by atoms with Gasteiger partial charge in [0.1, 0.15) is 0 Å². The number of hydrogen-bond donors (Lipinski definition) is 2. The van der Waals surface area contributed by atoms with Crippen LogP contribution in [-0.2, 0) is 9.59 Å². The highest BCUT2D eigenvalue weighted by Gasteiger charge is 2.23. The second kappa shape index (κ2) is 7.86. The SMILES string of the molecule is Cc1cc(I)ccc1NC(=O)CNc1ccccc1N1CCCC1=O. The van der Waals surface area contributed by atoms with Crippen LogP contribution < -0.4 is 15.5 Å². The lowest BCUT2D eigenvalue weighted by atomic mass is 10.2. The third kappa shape index (κ3) is 4.31. The summed E-state index contributed by atoms with van der Waals surface area (Å²) < 4.78 is 1.13. The van der Waals surface area contributed by atoms with Gasteiger partial charge in [0.05, 0.1) is 17.9 Å². The van der Waals surface area contributed by atoms with Crippen LogP contribution in [0.5, 0.6) is 0 Å². The van der Waals surface area contributed by atoms with Crippen LogP contribution in [0.2, 0.25) is 0 Å². The molecule has 0 aliphatic carbocycles. The molecule has 2 aromatic rings. The summed E-state index contributed by atoms with van der Waals surface area (Å²) in [5.41, 5.74) is 3.48. The lowest BCUT2D eigenvalue weighted by molar-refractivity contribution is -0.117. The number of nitrogens with zero attached hydrogens (tertiary/aromatic N) is 1. The van der Waals surface area contributed by atoms with Gasteiger partial charge < -0.3 is 15.5 Å². The van der Waals surface area contributed by atoms with Crippen molar-refractivity contribution in [2.75, 3.05) is 28.6 Å². The van der Waals surface area contributed by atoms with Gasteiger partial charge in [-0.2, -0.15) is 0 Å². The van der Waals surface area contributed by atoms with Crippen LogP contribution in [0.3, 0.4) is 0 Å². The number of carbonyl (C=O) groups is 2. The van der Waals surface area contributed by atoms with Crippen molar-refractivity contribution in [3.63, 3.8) is 0 Å². The molecule has 25 heavy (non-hydrogen) atoms. The fourth-order valence-electron chi connectivity index (χ4n) is 2.90. The van der Waals surface area contributed by atoms with Crippen molar-refractivity contribution in [3.05, 3.63) is 51.6 Å². The Balaban J connectivity index is 1.65. The third-order valence-corrected chi connectivity index (χ3v) is 4.84. The molecular formula is C19H20IN3O2. The second-order valence-corrected chi connectivity index (χ2v) is 7.27. The van der Waals surface area contributed by atoms with Gasteiger partial charge in [0, 0.05) is 22.2 Å². The first-order valence-electron chi connectivity index (χ1n) is 8.24. The van der Waals surface area contributed by atoms with Crippen LogP contribution in [0.25, 0.3) is 0 Å². The number of carbonyl (C=O) groups excluding carboxylic acids is 2. The molecule has 0 radical (unpaired) electrons. The van der Waals surface area contributed by atoms with E-state index in [1.54, 1.807) is 4.90 Å². The minimum Gasteiger partial charge on any atom is -0.374 e. The summed E-state index contributed by atoms with van der Waals surface area (Å²) in [7, 11) is 0. The van der Waals surface area contributed by atoms with Crippen molar-refractivity contribution in [3.8, 4) is 0 Å². The number of anilines is 3. The Bertz CT molecular complexity index is 807. The maximum atomic E-state index is 12.3. The zero-order valence-corrected chi connectivity index (χ0v) is 16.2. The predicted octanol–water partition coefficient (Wildman–Crippen LogP) is 3.78. The number of nitrogens with one attached hydrogen (secondary N) is 2. The molecular weight excluding hydrogens is 429 g/mol. The topological polar surface area (TPSA) is 61.4 Å². The Morgan fingerprint density at radius 3 is 2.72 bits per heavy atom. The first-order chi connectivity index (χ1) is 12.0. The molecule has 0 aromatic heterocycles. The summed E-state index contributed by atoms with van der Waals surface area (Å²) in [6, 6.07) is 13.5. The van der Waals surface area contributed by atoms with E-state index in [0.717, 1.165) is 39.2 Å². The molecule has 2 N–H and O–H groups in total. The zero-order valence-electron chi connectivity index (χ0n) is 14.0. The van der Waals surface area contributed by atoms with Crippen LogP contribution in [-0.4, -0.2) is 24.9 Å². The fourth-order valence-corrected chi connectivity index (χ4v) is 3.55. The molecule has 0 atom stereocenters. The Labute approximate surface area is 160 Å². The zero-order chi connectivity index (χ0) is 17.8. The number of halogens is 1. The largest absolute Gasteiger partial charge is 0.374 e. The van der Waals surface area contributed by atoms with E-state index in [1.807, 2.05) is 49.4 Å². The Hall–Kier alpha value is -2.09. The molecule has 2 aromatic carbocycles. The van der Waals surface area contributed by atoms with Gasteiger partial charge in [0.25, 0.3) is 0 Å². The molecule has 0 bridgehead atoms. The van der Waals surface area contributed by atoms with Crippen molar-refractivity contribution in [2.45, 2.75) is 19.8 Å². The van der Waals surface area contributed by atoms with Crippen molar-refractivity contribution in [1.29, 1.82) is 0 Å². The highest BCUT2D eigenvalue weighted by Crippen LogP contribution is 2.29. The molecule has 1 fully saturated rings. The van der Waals surface area contributed by atoms with Crippen molar-refractivity contribution in [2.24, 2.45) is 0 Å². The molecule has 1 aliphatic heterocycles. The van der Waals surface area contributed by atoms with E-state index in [0.29, 0.717) is 6.42 Å². The summed E-state index contributed by atoms with van der Waals surface area (Å²) in [6.07, 6.45) is 1.46. The maximum Gasteiger partial charge on any atom is 0.243 e. The molecule has 6 heteroatoms. The second-order valence-electron chi connectivity index (χ2n) is 6.03. The van der Waals surface area contributed by atoms with E-state index in [-0.39, 0.29) is 18.4 Å². The molecule has 1 aliphatic rings. The quantitative estimate of drug-likeness (QED) is 0.684. The summed E-state index contributed by atoms with van der Waals surface area (Å²) in [4.78, 5) is 26.0. The van der Waals surface area contributed by atoms with E-state index in [2.05, 4.69) is 33.2 Å². The normalized spacial score (nSPS) is 13.8. The Kier molecular flexibility index (Phi) is 5.57. The van der Waals surface area contributed by atoms with E-state index in [1.165, 1.54) is 0 Å². The number of amides is 2. The molecule has 0 saturated carbocycles. The lowest BCUT2D eigenvalue weighted by Crippen LogP contribution is -2.26. The van der Waals surface area contributed by atoms with Gasteiger partial charge in [-0.05, 0) is 71.8 Å². The van der Waals surface area contributed by atoms with Gasteiger partial charge in [-0.25, -0.2) is 0 Å². The molecule has 0 unspecified atom stereocenters. The molecule has 1 heterocycles. The van der Waals surface area contributed by atoms with Gasteiger partial charge in [0.15, 0.2) is 0 Å². The predicted molar refractivity (Wildman–Crippen MR) is 109 cm³/mol. The van der Waals surface area contributed by atoms with Crippen molar-refractivity contribution >= 4 is 51.5 Å². The standard InChI is InChI=1S/C19H20IN3O2/c1-13-11-14(20)8-9-15(13)22-18(24)12-21-16-5-2-3-6-17(16)23-10-4-7-19(23)25/h2-3,5-6,8-9,11,21H,4,7,10,12H2,1H3,(H,22,24). The van der Waals surface area contributed by atoms with Crippen molar-refractivity contribution < 1.29 is 9.59 Å². The highest BCUT2D eigenvalue weighted by molar-refractivity contribution is 14.1. The third-order valence-electron chi connectivity index (χ3n) is 4.17. The summed E-state index contributed by atoms with van der Waals surface area (Å²) >= 11 is 2.25. The Morgan fingerprint density at radius 1 is 1.20 bits per heavy atom. The minimum absolute atomic E-state index is 0.119. The number of rotatable bonds is 5. The van der Waals surface area contributed by atoms with E-state index < -0.39 is 0 Å². The lowest BCUT2D eigenvalue weighted by Gasteiger charge is -2.20. The van der Waals surface area contributed by atoms with Crippen LogP contribution >= 0.6 is 22.6 Å². The fraction of sp³-hybridized carbons (Fsp3) is 0.263. The van der Waals surface area contributed by atoms with Crippen LogP contribution in [0, 0.1) is 10.5 Å². The molecule has 2 amide bonds. The number of benzene rings is 2. The van der Waals surface area contributed by atoms with Gasteiger partial charge in [-0.15, -0.1) is 0 Å². The van der Waals surface area contributed by atoms with Crippen LogP contribution in [0.1, 0.15) is 18.4 Å². The summed E-state index contributed by atoms with van der Waals surface area (Å²) in [5, 5.41) is 6.07. The maximum absolute atomic E-state index is 12.3. The molecule has 130 valence electrons. The number of hydrogen-bond acceptors (Lipinski definition) is 3. The number of para-hydroxylation sites is 2. The van der Waals surface area contributed by atoms with Gasteiger partial charge in [0.2, 0.25) is 11.8 Å². The van der Waals surface area contributed by atoms with E-state index in [9.17, 15) is 9.59 Å². The minimum atomic E-state index is -0.119. The van der Waals surface area contributed by atoms with Crippen molar-refractivity contribution in [1.82, 2.24) is 0 Å². The van der Waals surface area contributed by atoms with Gasteiger partial charge in [-0.1, -0.05) is 12.1 Å². The average molecular weight is 449 g/mol. The first-order valence-corrected chi connectivity index (χ1v) is 9.32. The summed E-state index contributed by atoms with van der Waals surface area (Å²) in [6.45, 7) is 2.84. The number of aryl methyl sites for hydroxylation is 1. The molecule has 5 nitrogen and oxygen atoms in total. The smallest absolute Gasteiger partial charge is 0.243 e. The molecule has 1 saturated heterocycles. The van der Waals surface area contributed by atoms with E-state index in [4.69, 9.17) is 0 Å². The molecule has 0 spiro atoms.